The molecular weight excluding hydrogens is 333 g/mol. The Morgan fingerprint density at radius 1 is 1.22 bits per heavy atom. The van der Waals surface area contributed by atoms with E-state index < -0.39 is 0 Å². The molecule has 6 heteroatoms. The molecule has 0 radical (unpaired) electrons. The number of imidazole rings is 1. The molecule has 4 nitrogen and oxygen atoms in total. The van der Waals surface area contributed by atoms with Gasteiger partial charge in [0.1, 0.15) is 0 Å². The Balaban J connectivity index is 2.09. The molecule has 0 aliphatic carbocycles. The van der Waals surface area contributed by atoms with Crippen molar-refractivity contribution in [2.45, 2.75) is 13.5 Å². The van der Waals surface area contributed by atoms with Crippen LogP contribution < -0.4 is 5.62 Å². The normalized spacial score (nSPS) is 11.1. The molecule has 0 aliphatic heterocycles. The van der Waals surface area contributed by atoms with E-state index in [9.17, 15) is 4.79 Å². The molecule has 1 N–H and O–H groups in total. The monoisotopic (exact) mass is 347 g/mol. The van der Waals surface area contributed by atoms with E-state index in [-0.39, 0.29) is 17.9 Å². The first-order valence-corrected chi connectivity index (χ1v) is 7.83. The number of aromatic nitrogens is 2. The minimum atomic E-state index is -0.154. The van der Waals surface area contributed by atoms with Crippen LogP contribution in [0, 0.1) is 12.3 Å². The molecule has 0 bridgehead atoms. The van der Waals surface area contributed by atoms with E-state index in [2.05, 4.69) is 0 Å². The minimum absolute atomic E-state index is 0.0565. The molecule has 0 aliphatic rings. The van der Waals surface area contributed by atoms with Gasteiger partial charge in [0.05, 0.1) is 22.6 Å². The van der Waals surface area contributed by atoms with Crippen LogP contribution in [0.1, 0.15) is 15.9 Å². The highest BCUT2D eigenvalue weighted by Crippen LogP contribution is 2.22. The number of hydrogen-bond donors (Lipinski definition) is 1. The van der Waals surface area contributed by atoms with Gasteiger partial charge in [0.2, 0.25) is 5.62 Å². The molecule has 0 fully saturated rings. The first kappa shape index (κ1) is 15.8. The van der Waals surface area contributed by atoms with Gasteiger partial charge in [-0.3, -0.25) is 10.2 Å². The van der Waals surface area contributed by atoms with Crippen molar-refractivity contribution >= 4 is 40.0 Å². The smallest absolute Gasteiger partial charge is 0.203 e. The second kappa shape index (κ2) is 5.87. The third-order valence-electron chi connectivity index (χ3n) is 3.95. The number of halogens is 2. The fraction of sp³-hybridized carbons (Fsp3) is 0.176. The predicted molar refractivity (Wildman–Crippen MR) is 92.3 cm³/mol. The molecule has 0 saturated carbocycles. The third kappa shape index (κ3) is 2.69. The maximum Gasteiger partial charge on any atom is 0.203 e. The Bertz CT molecular complexity index is 985. The average Bonchev–Trinajstić information content (AvgIpc) is 2.73. The second-order valence-electron chi connectivity index (χ2n) is 5.46. The van der Waals surface area contributed by atoms with Crippen LogP contribution in [0.5, 0.6) is 0 Å². The van der Waals surface area contributed by atoms with E-state index in [0.717, 1.165) is 16.6 Å². The van der Waals surface area contributed by atoms with Gasteiger partial charge >= 0.3 is 0 Å². The number of benzene rings is 2. The van der Waals surface area contributed by atoms with E-state index in [4.69, 9.17) is 28.6 Å². The van der Waals surface area contributed by atoms with Crippen molar-refractivity contribution in [2.24, 2.45) is 7.05 Å². The van der Waals surface area contributed by atoms with E-state index in [1.165, 1.54) is 0 Å². The van der Waals surface area contributed by atoms with Gasteiger partial charge in [-0.2, -0.15) is 0 Å². The molecule has 0 amide bonds. The van der Waals surface area contributed by atoms with Gasteiger partial charge in [0, 0.05) is 17.6 Å². The Labute approximate surface area is 143 Å². The molecule has 23 heavy (non-hydrogen) atoms. The van der Waals surface area contributed by atoms with Gasteiger partial charge < -0.3 is 9.13 Å². The van der Waals surface area contributed by atoms with Crippen molar-refractivity contribution < 1.29 is 4.79 Å². The summed E-state index contributed by atoms with van der Waals surface area (Å²) >= 11 is 12.0. The van der Waals surface area contributed by atoms with Crippen LogP contribution >= 0.6 is 23.2 Å². The molecule has 0 atom stereocenters. The highest BCUT2D eigenvalue weighted by atomic mass is 35.5. The van der Waals surface area contributed by atoms with Gasteiger partial charge in [-0.05, 0) is 36.8 Å². The van der Waals surface area contributed by atoms with Crippen LogP contribution in [0.15, 0.2) is 36.4 Å². The number of fused-ring (bicyclic) bond motifs is 1. The Morgan fingerprint density at radius 2 is 1.96 bits per heavy atom. The van der Waals surface area contributed by atoms with Gasteiger partial charge in [-0.1, -0.05) is 35.3 Å². The van der Waals surface area contributed by atoms with Crippen LogP contribution in [0.2, 0.25) is 10.0 Å². The largest absolute Gasteiger partial charge is 0.313 e. The molecule has 2 aromatic carbocycles. The SMILES string of the molecule is Cc1cccc2c1n(C)c(=N)n2CC(=O)c1ccc(Cl)cc1Cl. The van der Waals surface area contributed by atoms with Gasteiger partial charge in [0.15, 0.2) is 5.78 Å². The Morgan fingerprint density at radius 3 is 2.65 bits per heavy atom. The van der Waals surface area contributed by atoms with Crippen molar-refractivity contribution in [1.82, 2.24) is 9.13 Å². The summed E-state index contributed by atoms with van der Waals surface area (Å²) in [5, 5.41) is 9.10. The number of rotatable bonds is 3. The topological polar surface area (TPSA) is 50.8 Å². The molecule has 3 rings (SSSR count). The van der Waals surface area contributed by atoms with Gasteiger partial charge in [0.25, 0.3) is 0 Å². The van der Waals surface area contributed by atoms with Crippen molar-refractivity contribution in [3.05, 3.63) is 63.2 Å². The number of carbonyl (C=O) groups is 1. The summed E-state index contributed by atoms with van der Waals surface area (Å²) < 4.78 is 3.47. The van der Waals surface area contributed by atoms with E-state index in [0.29, 0.717) is 15.6 Å². The van der Waals surface area contributed by atoms with Crippen LogP contribution in [-0.2, 0) is 13.6 Å². The lowest BCUT2D eigenvalue weighted by Gasteiger charge is -2.06. The Hall–Kier alpha value is -2.04. The van der Waals surface area contributed by atoms with E-state index >= 15 is 0 Å². The maximum absolute atomic E-state index is 12.6. The van der Waals surface area contributed by atoms with Crippen molar-refractivity contribution in [3.8, 4) is 0 Å². The number of aryl methyl sites for hydroxylation is 2. The van der Waals surface area contributed by atoms with Crippen molar-refractivity contribution in [1.29, 1.82) is 5.41 Å². The highest BCUT2D eigenvalue weighted by Gasteiger charge is 2.16. The number of nitrogens with zero attached hydrogens (tertiary/aromatic N) is 2. The summed E-state index contributed by atoms with van der Waals surface area (Å²) in [6.07, 6.45) is 0. The summed E-state index contributed by atoms with van der Waals surface area (Å²) in [6, 6.07) is 10.6. The van der Waals surface area contributed by atoms with Crippen LogP contribution in [-0.4, -0.2) is 14.9 Å². The molecule has 0 unspecified atom stereocenters. The molecule has 3 aromatic rings. The zero-order chi connectivity index (χ0) is 16.7. The number of Topliss-reactive ketones (excluding diaryl/α,β-unsaturated/α-hetero) is 1. The quantitative estimate of drug-likeness (QED) is 0.716. The lowest BCUT2D eigenvalue weighted by molar-refractivity contribution is 0.0971. The lowest BCUT2D eigenvalue weighted by atomic mass is 10.1. The van der Waals surface area contributed by atoms with Gasteiger partial charge in [-0.15, -0.1) is 0 Å². The number of ketones is 1. The molecule has 0 saturated heterocycles. The third-order valence-corrected chi connectivity index (χ3v) is 4.50. The zero-order valence-corrected chi connectivity index (χ0v) is 14.2. The fourth-order valence-electron chi connectivity index (χ4n) is 2.80. The number of carbonyl (C=O) groups excluding carboxylic acids is 1. The number of nitrogens with one attached hydrogen (secondary N) is 1. The molecule has 118 valence electrons. The first-order chi connectivity index (χ1) is 10.9. The van der Waals surface area contributed by atoms with Crippen LogP contribution in [0.25, 0.3) is 11.0 Å². The van der Waals surface area contributed by atoms with E-state index in [1.54, 1.807) is 27.3 Å². The molecule has 1 aromatic heterocycles. The van der Waals surface area contributed by atoms with Crippen molar-refractivity contribution in [2.75, 3.05) is 0 Å². The molecular formula is C17H15Cl2N3O. The Kier molecular flexibility index (Phi) is 4.04. The summed E-state index contributed by atoms with van der Waals surface area (Å²) in [5.41, 5.74) is 3.55. The second-order valence-corrected chi connectivity index (χ2v) is 6.30. The number of hydrogen-bond acceptors (Lipinski definition) is 2. The van der Waals surface area contributed by atoms with Crippen molar-refractivity contribution in [3.63, 3.8) is 0 Å². The maximum atomic E-state index is 12.6. The number of para-hydroxylation sites is 1. The zero-order valence-electron chi connectivity index (χ0n) is 12.7. The van der Waals surface area contributed by atoms with Crippen LogP contribution in [0.3, 0.4) is 0 Å². The standard InChI is InChI=1S/C17H15Cl2N3O/c1-10-4-3-5-14-16(10)21(2)17(20)22(14)9-15(23)12-7-6-11(18)8-13(12)19/h3-8,20H,9H2,1-2H3. The summed E-state index contributed by atoms with van der Waals surface area (Å²) in [6.45, 7) is 2.05. The predicted octanol–water partition coefficient (Wildman–Crippen LogP) is 3.96. The highest BCUT2D eigenvalue weighted by molar-refractivity contribution is 6.36. The van der Waals surface area contributed by atoms with E-state index in [1.807, 2.05) is 32.2 Å². The van der Waals surface area contributed by atoms with Gasteiger partial charge in [-0.25, -0.2) is 0 Å². The first-order valence-electron chi connectivity index (χ1n) is 7.08. The van der Waals surface area contributed by atoms with Crippen LogP contribution in [0.4, 0.5) is 0 Å². The fourth-order valence-corrected chi connectivity index (χ4v) is 3.32. The summed E-state index contributed by atoms with van der Waals surface area (Å²) in [4.78, 5) is 12.6. The summed E-state index contributed by atoms with van der Waals surface area (Å²) in [5.74, 6) is -0.154. The lowest BCUT2D eigenvalue weighted by Crippen LogP contribution is -2.26. The average molecular weight is 348 g/mol. The molecule has 1 heterocycles. The minimum Gasteiger partial charge on any atom is -0.313 e. The molecule has 0 spiro atoms. The summed E-state index contributed by atoms with van der Waals surface area (Å²) in [7, 11) is 1.83.